The van der Waals surface area contributed by atoms with Crippen molar-refractivity contribution in [2.24, 2.45) is 4.99 Å². The van der Waals surface area contributed by atoms with Crippen molar-refractivity contribution >= 4 is 51.3 Å². The van der Waals surface area contributed by atoms with Gasteiger partial charge in [0.2, 0.25) is 0 Å². The fraction of sp³-hybridized carbons (Fsp3) is 0.353. The number of aliphatic imine (C=N–C) groups is 1. The predicted molar refractivity (Wildman–Crippen MR) is 119 cm³/mol. The average molecular weight is 508 g/mol. The van der Waals surface area contributed by atoms with Gasteiger partial charge in [-0.1, -0.05) is 29.8 Å². The Balaban J connectivity index is 0.00000338. The molecule has 144 valence electrons. The van der Waals surface area contributed by atoms with Crippen LogP contribution in [-0.4, -0.2) is 39.8 Å². The van der Waals surface area contributed by atoms with Gasteiger partial charge in [0.05, 0.1) is 6.54 Å². The zero-order valence-electron chi connectivity index (χ0n) is 15.3. The number of nitrogens with zero attached hydrogens (tertiary/aromatic N) is 2. The first kappa shape index (κ1) is 22.9. The molecule has 6 nitrogen and oxygen atoms in total. The third-order valence-electron chi connectivity index (χ3n) is 3.61. The Morgan fingerprint density at radius 2 is 1.69 bits per heavy atom. The van der Waals surface area contributed by atoms with Crippen LogP contribution in [0.5, 0.6) is 0 Å². The SMILES string of the molecule is CN=C(NCc1ccc(C)cc1)NCc1ccc(S(=O)(=O)N(C)C)s1.I. The zero-order valence-corrected chi connectivity index (χ0v) is 19.3. The molecule has 0 fully saturated rings. The van der Waals surface area contributed by atoms with E-state index in [4.69, 9.17) is 0 Å². The van der Waals surface area contributed by atoms with E-state index in [1.165, 1.54) is 40.9 Å². The molecule has 26 heavy (non-hydrogen) atoms. The Morgan fingerprint density at radius 3 is 2.27 bits per heavy atom. The molecule has 1 aromatic heterocycles. The highest BCUT2D eigenvalue weighted by Crippen LogP contribution is 2.23. The molecular weight excluding hydrogens is 483 g/mol. The molecule has 0 aliphatic heterocycles. The molecule has 0 spiro atoms. The van der Waals surface area contributed by atoms with Crippen molar-refractivity contribution < 1.29 is 8.42 Å². The van der Waals surface area contributed by atoms with Gasteiger partial charge in [0.25, 0.3) is 10.0 Å². The van der Waals surface area contributed by atoms with Crippen molar-refractivity contribution in [2.75, 3.05) is 21.1 Å². The van der Waals surface area contributed by atoms with Crippen LogP contribution in [0.25, 0.3) is 0 Å². The van der Waals surface area contributed by atoms with Gasteiger partial charge in [0.1, 0.15) is 4.21 Å². The van der Waals surface area contributed by atoms with Gasteiger partial charge in [0.15, 0.2) is 5.96 Å². The van der Waals surface area contributed by atoms with Gasteiger partial charge in [-0.3, -0.25) is 4.99 Å². The van der Waals surface area contributed by atoms with E-state index >= 15 is 0 Å². The van der Waals surface area contributed by atoms with E-state index in [-0.39, 0.29) is 24.0 Å². The van der Waals surface area contributed by atoms with E-state index < -0.39 is 10.0 Å². The minimum Gasteiger partial charge on any atom is -0.352 e. The number of hydrogen-bond donors (Lipinski definition) is 2. The first-order valence-electron chi connectivity index (χ1n) is 7.84. The van der Waals surface area contributed by atoms with Crippen LogP contribution >= 0.6 is 35.3 Å². The molecule has 0 unspecified atom stereocenters. The summed E-state index contributed by atoms with van der Waals surface area (Å²) in [5.74, 6) is 0.672. The van der Waals surface area contributed by atoms with Crippen molar-refractivity contribution in [2.45, 2.75) is 24.2 Å². The van der Waals surface area contributed by atoms with Crippen molar-refractivity contribution in [1.29, 1.82) is 0 Å². The first-order chi connectivity index (χ1) is 11.8. The number of thiophene rings is 1. The molecule has 0 saturated heterocycles. The Hall–Kier alpha value is -1.17. The molecular formula is C17H25IN4O2S2. The lowest BCUT2D eigenvalue weighted by atomic mass is 10.1. The Bertz CT molecular complexity index is 831. The van der Waals surface area contributed by atoms with Crippen molar-refractivity contribution in [3.63, 3.8) is 0 Å². The summed E-state index contributed by atoms with van der Waals surface area (Å²) >= 11 is 1.26. The van der Waals surface area contributed by atoms with Crippen LogP contribution in [0.4, 0.5) is 0 Å². The van der Waals surface area contributed by atoms with Crippen LogP contribution in [0.2, 0.25) is 0 Å². The van der Waals surface area contributed by atoms with E-state index in [0.717, 1.165) is 4.88 Å². The van der Waals surface area contributed by atoms with Gasteiger partial charge in [-0.15, -0.1) is 35.3 Å². The highest BCUT2D eigenvalue weighted by atomic mass is 127. The molecule has 0 amide bonds. The summed E-state index contributed by atoms with van der Waals surface area (Å²) in [6.45, 7) is 3.25. The number of halogens is 1. The maximum Gasteiger partial charge on any atom is 0.252 e. The van der Waals surface area contributed by atoms with Crippen molar-refractivity contribution in [3.05, 3.63) is 52.4 Å². The van der Waals surface area contributed by atoms with Crippen LogP contribution < -0.4 is 10.6 Å². The lowest BCUT2D eigenvalue weighted by Gasteiger charge is -2.11. The lowest BCUT2D eigenvalue weighted by molar-refractivity contribution is 0.523. The quantitative estimate of drug-likeness (QED) is 0.358. The monoisotopic (exact) mass is 508 g/mol. The summed E-state index contributed by atoms with van der Waals surface area (Å²) in [5.41, 5.74) is 2.40. The van der Waals surface area contributed by atoms with E-state index in [1.807, 2.05) is 6.07 Å². The molecule has 0 aliphatic rings. The summed E-state index contributed by atoms with van der Waals surface area (Å²) < 4.78 is 25.8. The van der Waals surface area contributed by atoms with Gasteiger partial charge in [-0.25, -0.2) is 12.7 Å². The number of aryl methyl sites for hydroxylation is 1. The van der Waals surface area contributed by atoms with Gasteiger partial charge >= 0.3 is 0 Å². The molecule has 1 aromatic carbocycles. The molecule has 0 atom stereocenters. The van der Waals surface area contributed by atoms with E-state index in [0.29, 0.717) is 23.3 Å². The van der Waals surface area contributed by atoms with Crippen molar-refractivity contribution in [3.8, 4) is 0 Å². The van der Waals surface area contributed by atoms with Gasteiger partial charge < -0.3 is 10.6 Å². The number of sulfonamides is 1. The van der Waals surface area contributed by atoms with E-state index in [2.05, 4.69) is 46.8 Å². The van der Waals surface area contributed by atoms with E-state index in [1.54, 1.807) is 13.1 Å². The minimum atomic E-state index is -3.37. The predicted octanol–water partition coefficient (Wildman–Crippen LogP) is 2.79. The third-order valence-corrected chi connectivity index (χ3v) is 6.97. The maximum absolute atomic E-state index is 12.1. The average Bonchev–Trinajstić information content (AvgIpc) is 3.06. The topological polar surface area (TPSA) is 73.8 Å². The molecule has 0 saturated carbocycles. The number of guanidine groups is 1. The summed E-state index contributed by atoms with van der Waals surface area (Å²) in [6, 6.07) is 11.8. The molecule has 9 heteroatoms. The fourth-order valence-corrected chi connectivity index (χ4v) is 4.52. The highest BCUT2D eigenvalue weighted by molar-refractivity contribution is 14.0. The minimum absolute atomic E-state index is 0. The van der Waals surface area contributed by atoms with Crippen molar-refractivity contribution in [1.82, 2.24) is 14.9 Å². The number of hydrogen-bond acceptors (Lipinski definition) is 4. The fourth-order valence-electron chi connectivity index (χ4n) is 2.05. The Kier molecular flexibility index (Phi) is 9.01. The number of nitrogens with one attached hydrogen (secondary N) is 2. The van der Waals surface area contributed by atoms with Gasteiger partial charge in [-0.2, -0.15) is 0 Å². The molecule has 0 radical (unpaired) electrons. The summed E-state index contributed by atoms with van der Waals surface area (Å²) in [4.78, 5) is 5.12. The first-order valence-corrected chi connectivity index (χ1v) is 10.1. The second-order valence-corrected chi connectivity index (χ2v) is 9.32. The third kappa shape index (κ3) is 6.22. The van der Waals surface area contributed by atoms with Crippen LogP contribution in [-0.2, 0) is 23.1 Å². The van der Waals surface area contributed by atoms with Crippen LogP contribution in [0.15, 0.2) is 45.6 Å². The normalized spacial score (nSPS) is 12.0. The summed E-state index contributed by atoms with van der Waals surface area (Å²) in [7, 11) is 1.40. The van der Waals surface area contributed by atoms with Crippen LogP contribution in [0.1, 0.15) is 16.0 Å². The molecule has 2 rings (SSSR count). The maximum atomic E-state index is 12.1. The number of rotatable bonds is 6. The second kappa shape index (κ2) is 10.2. The Labute approximate surface area is 176 Å². The summed E-state index contributed by atoms with van der Waals surface area (Å²) in [5, 5.41) is 6.45. The van der Waals surface area contributed by atoms with Gasteiger partial charge in [-0.05, 0) is 24.6 Å². The van der Waals surface area contributed by atoms with E-state index in [9.17, 15) is 8.42 Å². The second-order valence-electron chi connectivity index (χ2n) is 5.77. The smallest absolute Gasteiger partial charge is 0.252 e. The van der Waals surface area contributed by atoms with Crippen LogP contribution in [0, 0.1) is 6.92 Å². The molecule has 2 aromatic rings. The largest absolute Gasteiger partial charge is 0.352 e. The zero-order chi connectivity index (χ0) is 18.4. The standard InChI is InChI=1S/C17H24N4O2S2.HI/c1-13-5-7-14(8-6-13)11-19-17(18-2)20-12-15-9-10-16(24-15)25(22,23)21(3)4;/h5-10H,11-12H2,1-4H3,(H2,18,19,20);1H. The Morgan fingerprint density at radius 1 is 1.08 bits per heavy atom. The molecule has 0 aliphatic carbocycles. The molecule has 1 heterocycles. The molecule has 2 N–H and O–H groups in total. The van der Waals surface area contributed by atoms with Crippen LogP contribution in [0.3, 0.4) is 0 Å². The molecule has 0 bridgehead atoms. The number of benzene rings is 1. The highest BCUT2D eigenvalue weighted by Gasteiger charge is 2.19. The summed E-state index contributed by atoms with van der Waals surface area (Å²) in [6.07, 6.45) is 0. The van der Waals surface area contributed by atoms with Gasteiger partial charge in [0, 0.05) is 32.6 Å². The lowest BCUT2D eigenvalue weighted by Crippen LogP contribution is -2.36.